The average molecular weight is 422 g/mol. The van der Waals surface area contributed by atoms with Crippen molar-refractivity contribution in [3.8, 4) is 0 Å². The SMILES string of the molecule is C=C(C(=O)OCC)C(=O)c1ccco1.C=C(C(C)=O)C(=O)OCC1CCCO1.CC. The van der Waals surface area contributed by atoms with Gasteiger partial charge in [0, 0.05) is 6.61 Å². The molecule has 0 spiro atoms. The molecule has 8 heteroatoms. The first-order chi connectivity index (χ1) is 14.3. The normalized spacial score (nSPS) is 14.2. The number of carbonyl (C=O) groups excluding carboxylic acids is 4. The lowest BCUT2D eigenvalue weighted by atomic mass is 10.1. The van der Waals surface area contributed by atoms with Crippen LogP contribution in [0.15, 0.2) is 47.1 Å². The first-order valence-electron chi connectivity index (χ1n) is 9.70. The molecule has 30 heavy (non-hydrogen) atoms. The van der Waals surface area contributed by atoms with Gasteiger partial charge in [-0.25, -0.2) is 9.59 Å². The van der Waals surface area contributed by atoms with Crippen LogP contribution < -0.4 is 0 Å². The maximum Gasteiger partial charge on any atom is 0.341 e. The van der Waals surface area contributed by atoms with Crippen LogP contribution in [0.4, 0.5) is 0 Å². The van der Waals surface area contributed by atoms with Gasteiger partial charge in [0.15, 0.2) is 11.5 Å². The van der Waals surface area contributed by atoms with E-state index in [1.807, 2.05) is 13.8 Å². The Hall–Kier alpha value is -3.00. The van der Waals surface area contributed by atoms with Crippen molar-refractivity contribution >= 4 is 23.5 Å². The summed E-state index contributed by atoms with van der Waals surface area (Å²) >= 11 is 0. The first-order valence-corrected chi connectivity index (χ1v) is 9.70. The molecule has 1 fully saturated rings. The third-order valence-electron chi connectivity index (χ3n) is 3.64. The fraction of sp³-hybridized carbons (Fsp3) is 0.455. The highest BCUT2D eigenvalue weighted by molar-refractivity contribution is 6.22. The summed E-state index contributed by atoms with van der Waals surface area (Å²) in [4.78, 5) is 44.4. The lowest BCUT2D eigenvalue weighted by molar-refractivity contribution is -0.143. The zero-order chi connectivity index (χ0) is 23.1. The van der Waals surface area contributed by atoms with E-state index < -0.39 is 17.7 Å². The van der Waals surface area contributed by atoms with Crippen LogP contribution in [-0.2, 0) is 28.6 Å². The van der Waals surface area contributed by atoms with Gasteiger partial charge in [0.2, 0.25) is 5.78 Å². The minimum absolute atomic E-state index is 0.0151. The first kappa shape index (κ1) is 27.0. The molecular formula is C22H30O8. The van der Waals surface area contributed by atoms with Crippen LogP contribution >= 0.6 is 0 Å². The number of ether oxygens (including phenoxy) is 3. The number of carbonyl (C=O) groups is 4. The van der Waals surface area contributed by atoms with E-state index in [9.17, 15) is 19.2 Å². The Bertz CT molecular complexity index is 724. The van der Waals surface area contributed by atoms with Gasteiger partial charge in [-0.3, -0.25) is 9.59 Å². The number of esters is 2. The Morgan fingerprint density at radius 2 is 1.73 bits per heavy atom. The molecule has 0 aliphatic carbocycles. The molecule has 1 saturated heterocycles. The van der Waals surface area contributed by atoms with Crippen LogP contribution in [0.2, 0.25) is 0 Å². The molecule has 2 heterocycles. The predicted octanol–water partition coefficient (Wildman–Crippen LogP) is 3.46. The standard InChI is InChI=1S/C10H14O4.C10H10O4.C2H6/c1-7(8(2)11)10(12)14-6-9-4-3-5-13-9;1-3-13-10(12)7(2)9(11)8-5-4-6-14-8;1-2/h9H,1,3-6H2,2H3;4-6H,2-3H2,1H3;1-2H3. The Labute approximate surface area is 176 Å². The Kier molecular flexibility index (Phi) is 13.4. The van der Waals surface area contributed by atoms with Crippen LogP contribution in [0.3, 0.4) is 0 Å². The minimum atomic E-state index is -0.714. The van der Waals surface area contributed by atoms with Crippen molar-refractivity contribution in [2.24, 2.45) is 0 Å². The summed E-state index contributed by atoms with van der Waals surface area (Å²) in [5.41, 5.74) is -0.329. The number of furan rings is 1. The molecule has 0 bridgehead atoms. The molecule has 1 aromatic rings. The second-order valence-electron chi connectivity index (χ2n) is 5.77. The third kappa shape index (κ3) is 9.47. The summed E-state index contributed by atoms with van der Waals surface area (Å²) in [7, 11) is 0. The zero-order valence-corrected chi connectivity index (χ0v) is 18.0. The van der Waals surface area contributed by atoms with E-state index in [4.69, 9.17) is 13.9 Å². The molecule has 0 aromatic carbocycles. The average Bonchev–Trinajstić information content (AvgIpc) is 3.46. The van der Waals surface area contributed by atoms with E-state index in [-0.39, 0.29) is 42.0 Å². The van der Waals surface area contributed by atoms with E-state index in [1.54, 1.807) is 13.0 Å². The molecule has 1 aliphatic heterocycles. The summed E-state index contributed by atoms with van der Waals surface area (Å²) in [6.07, 6.45) is 3.24. The van der Waals surface area contributed by atoms with E-state index >= 15 is 0 Å². The summed E-state index contributed by atoms with van der Waals surface area (Å²) in [5, 5.41) is 0. The van der Waals surface area contributed by atoms with Crippen molar-refractivity contribution in [2.75, 3.05) is 19.8 Å². The monoisotopic (exact) mass is 422 g/mol. The van der Waals surface area contributed by atoms with Gasteiger partial charge in [-0.05, 0) is 38.8 Å². The maximum atomic E-state index is 11.4. The largest absolute Gasteiger partial charge is 0.462 e. The topological polar surface area (TPSA) is 109 Å². The Morgan fingerprint density at radius 3 is 2.20 bits per heavy atom. The molecule has 1 aliphatic rings. The predicted molar refractivity (Wildman–Crippen MR) is 110 cm³/mol. The fourth-order valence-electron chi connectivity index (χ4n) is 2.04. The number of rotatable bonds is 8. The number of hydrogen-bond acceptors (Lipinski definition) is 8. The Balaban J connectivity index is 0.000000518. The van der Waals surface area contributed by atoms with Gasteiger partial charge in [-0.1, -0.05) is 27.0 Å². The second kappa shape index (κ2) is 14.9. The summed E-state index contributed by atoms with van der Waals surface area (Å²) in [6.45, 7) is 14.8. The highest BCUT2D eigenvalue weighted by Gasteiger charge is 2.21. The van der Waals surface area contributed by atoms with E-state index in [1.165, 1.54) is 19.3 Å². The maximum absolute atomic E-state index is 11.4. The number of ketones is 2. The molecule has 1 aromatic heterocycles. The van der Waals surface area contributed by atoms with E-state index in [2.05, 4.69) is 17.9 Å². The molecule has 0 N–H and O–H groups in total. The van der Waals surface area contributed by atoms with Gasteiger partial charge in [0.1, 0.15) is 12.2 Å². The molecular weight excluding hydrogens is 392 g/mol. The van der Waals surface area contributed by atoms with Gasteiger partial charge < -0.3 is 18.6 Å². The fourth-order valence-corrected chi connectivity index (χ4v) is 2.04. The van der Waals surface area contributed by atoms with Crippen molar-refractivity contribution in [1.29, 1.82) is 0 Å². The van der Waals surface area contributed by atoms with Crippen LogP contribution in [0.25, 0.3) is 0 Å². The van der Waals surface area contributed by atoms with Crippen LogP contribution in [0.1, 0.15) is 51.1 Å². The van der Waals surface area contributed by atoms with E-state index in [0.29, 0.717) is 0 Å². The zero-order valence-electron chi connectivity index (χ0n) is 18.0. The summed E-state index contributed by atoms with van der Waals surface area (Å²) < 4.78 is 19.6. The highest BCUT2D eigenvalue weighted by Crippen LogP contribution is 2.12. The lowest BCUT2D eigenvalue weighted by Gasteiger charge is -2.09. The molecule has 1 atom stereocenters. The van der Waals surface area contributed by atoms with Gasteiger partial charge in [0.05, 0.1) is 24.5 Å². The number of Topliss-reactive ketones (excluding diaryl/α,β-unsaturated/α-hetero) is 2. The lowest BCUT2D eigenvalue weighted by Crippen LogP contribution is -2.20. The molecule has 2 rings (SSSR count). The van der Waals surface area contributed by atoms with Crippen molar-refractivity contribution in [2.45, 2.75) is 46.6 Å². The summed E-state index contributed by atoms with van der Waals surface area (Å²) in [6, 6.07) is 3.03. The van der Waals surface area contributed by atoms with Crippen molar-refractivity contribution in [3.63, 3.8) is 0 Å². The molecule has 0 amide bonds. The van der Waals surface area contributed by atoms with Gasteiger partial charge in [0.25, 0.3) is 0 Å². The van der Waals surface area contributed by atoms with Crippen LogP contribution in [-0.4, -0.2) is 49.4 Å². The molecule has 0 radical (unpaired) electrons. The van der Waals surface area contributed by atoms with Crippen LogP contribution in [0.5, 0.6) is 0 Å². The smallest absolute Gasteiger partial charge is 0.341 e. The minimum Gasteiger partial charge on any atom is -0.462 e. The van der Waals surface area contributed by atoms with Gasteiger partial charge in [-0.15, -0.1) is 0 Å². The van der Waals surface area contributed by atoms with Crippen LogP contribution in [0, 0.1) is 0 Å². The van der Waals surface area contributed by atoms with Gasteiger partial charge in [-0.2, -0.15) is 0 Å². The van der Waals surface area contributed by atoms with Crippen molar-refractivity contribution in [1.82, 2.24) is 0 Å². The molecule has 8 nitrogen and oxygen atoms in total. The molecule has 0 saturated carbocycles. The van der Waals surface area contributed by atoms with Crippen molar-refractivity contribution < 1.29 is 37.8 Å². The highest BCUT2D eigenvalue weighted by atomic mass is 16.6. The molecule has 166 valence electrons. The quantitative estimate of drug-likeness (QED) is 0.206. The summed E-state index contributed by atoms with van der Waals surface area (Å²) in [5.74, 6) is -2.18. The second-order valence-corrected chi connectivity index (χ2v) is 5.77. The van der Waals surface area contributed by atoms with Crippen molar-refractivity contribution in [3.05, 3.63) is 48.5 Å². The number of hydrogen-bond donors (Lipinski definition) is 0. The molecule has 1 unspecified atom stereocenters. The van der Waals surface area contributed by atoms with E-state index in [0.717, 1.165) is 19.4 Å². The third-order valence-corrected chi connectivity index (χ3v) is 3.64. The Morgan fingerprint density at radius 1 is 1.10 bits per heavy atom. The van der Waals surface area contributed by atoms with Gasteiger partial charge >= 0.3 is 11.9 Å².